The summed E-state index contributed by atoms with van der Waals surface area (Å²) in [5, 5.41) is 12.5. The summed E-state index contributed by atoms with van der Waals surface area (Å²) >= 11 is 0. The van der Waals surface area contributed by atoms with Crippen LogP contribution in [0.15, 0.2) is 18.5 Å². The summed E-state index contributed by atoms with van der Waals surface area (Å²) in [6, 6.07) is 3.98. The van der Waals surface area contributed by atoms with Gasteiger partial charge in [-0.15, -0.1) is 15.3 Å². The average Bonchev–Trinajstić information content (AvgIpc) is 3.36. The van der Waals surface area contributed by atoms with Gasteiger partial charge in [0, 0.05) is 19.8 Å². The maximum absolute atomic E-state index is 6.19. The normalized spacial score (nSPS) is 25.4. The molecule has 0 bridgehead atoms. The monoisotopic (exact) mass is 357 g/mol. The molecule has 0 unspecified atom stereocenters. The molecule has 26 heavy (non-hydrogen) atoms. The van der Waals surface area contributed by atoms with Crippen molar-refractivity contribution in [3.05, 3.63) is 18.5 Å². The molecule has 0 N–H and O–H groups in total. The zero-order valence-electron chi connectivity index (χ0n) is 15.2. The van der Waals surface area contributed by atoms with Crippen molar-refractivity contribution < 1.29 is 9.47 Å². The Morgan fingerprint density at radius 1 is 1.19 bits per heavy atom. The van der Waals surface area contributed by atoms with Crippen molar-refractivity contribution in [3.63, 3.8) is 0 Å². The second-order valence-electron chi connectivity index (χ2n) is 8.09. The summed E-state index contributed by atoms with van der Waals surface area (Å²) in [6.45, 7) is 4.54. The fourth-order valence-corrected chi connectivity index (χ4v) is 4.84. The maximum Gasteiger partial charge on any atom is 0.177 e. The molecule has 1 aliphatic carbocycles. The van der Waals surface area contributed by atoms with Crippen molar-refractivity contribution >= 4 is 11.5 Å². The molecule has 3 aliphatic rings. The van der Waals surface area contributed by atoms with E-state index in [2.05, 4.69) is 20.2 Å². The van der Waals surface area contributed by atoms with E-state index in [9.17, 15) is 0 Å². The predicted octanol–water partition coefficient (Wildman–Crippen LogP) is 2.32. The van der Waals surface area contributed by atoms with Crippen LogP contribution in [-0.4, -0.2) is 58.3 Å². The molecule has 1 atom stereocenters. The molecule has 3 fully saturated rings. The SMILES string of the molecule is c1cc2nncn2nc1N1CC2(C1)OCC[C@H]2CCOCC1CCCC1. The Morgan fingerprint density at radius 3 is 2.96 bits per heavy atom. The van der Waals surface area contributed by atoms with Gasteiger partial charge in [-0.05, 0) is 49.7 Å². The Balaban J connectivity index is 1.14. The van der Waals surface area contributed by atoms with Gasteiger partial charge in [-0.25, -0.2) is 0 Å². The smallest absolute Gasteiger partial charge is 0.177 e. The Bertz CT molecular complexity index is 751. The largest absolute Gasteiger partial charge is 0.381 e. The Morgan fingerprint density at radius 2 is 2.08 bits per heavy atom. The maximum atomic E-state index is 6.19. The Kier molecular flexibility index (Phi) is 4.29. The van der Waals surface area contributed by atoms with E-state index in [1.165, 1.54) is 25.7 Å². The first-order valence-corrected chi connectivity index (χ1v) is 9.96. The summed E-state index contributed by atoms with van der Waals surface area (Å²) in [4.78, 5) is 2.29. The van der Waals surface area contributed by atoms with Gasteiger partial charge < -0.3 is 14.4 Å². The number of aromatic nitrogens is 4. The van der Waals surface area contributed by atoms with Crippen molar-refractivity contribution in [2.75, 3.05) is 37.8 Å². The second-order valence-corrected chi connectivity index (χ2v) is 8.09. The van der Waals surface area contributed by atoms with Gasteiger partial charge in [0.1, 0.15) is 17.7 Å². The predicted molar refractivity (Wildman–Crippen MR) is 97.2 cm³/mol. The first kappa shape index (κ1) is 16.4. The molecule has 5 rings (SSSR count). The average molecular weight is 357 g/mol. The van der Waals surface area contributed by atoms with Crippen molar-refractivity contribution in [1.29, 1.82) is 0 Å². The van der Waals surface area contributed by atoms with Gasteiger partial charge in [-0.3, -0.25) is 0 Å². The number of ether oxygens (including phenoxy) is 2. The van der Waals surface area contributed by atoms with E-state index >= 15 is 0 Å². The van der Waals surface area contributed by atoms with Crippen LogP contribution < -0.4 is 4.90 Å². The molecular weight excluding hydrogens is 330 g/mol. The van der Waals surface area contributed by atoms with E-state index in [1.54, 1.807) is 10.8 Å². The van der Waals surface area contributed by atoms with Gasteiger partial charge in [0.2, 0.25) is 0 Å². The second kappa shape index (κ2) is 6.78. The molecule has 7 heteroatoms. The summed E-state index contributed by atoms with van der Waals surface area (Å²) in [6.07, 6.45) is 9.39. The topological polar surface area (TPSA) is 64.8 Å². The van der Waals surface area contributed by atoms with Gasteiger partial charge in [0.25, 0.3) is 0 Å². The van der Waals surface area contributed by atoms with Gasteiger partial charge in [-0.1, -0.05) is 12.8 Å². The highest BCUT2D eigenvalue weighted by Gasteiger charge is 2.53. The third kappa shape index (κ3) is 2.97. The fraction of sp³-hybridized carbons (Fsp3) is 0.737. The molecule has 7 nitrogen and oxygen atoms in total. The lowest BCUT2D eigenvalue weighted by Gasteiger charge is -2.50. The minimum absolute atomic E-state index is 0.000539. The van der Waals surface area contributed by atoms with Crippen LogP contribution in [0.1, 0.15) is 38.5 Å². The molecule has 0 radical (unpaired) electrons. The van der Waals surface area contributed by atoms with Crippen molar-refractivity contribution in [3.8, 4) is 0 Å². The Labute approximate surface area is 153 Å². The van der Waals surface area contributed by atoms with Gasteiger partial charge in [0.05, 0.1) is 13.1 Å². The molecule has 0 amide bonds. The van der Waals surface area contributed by atoms with Crippen molar-refractivity contribution in [2.24, 2.45) is 11.8 Å². The third-order valence-electron chi connectivity index (χ3n) is 6.43. The minimum atomic E-state index is 0.000539. The number of anilines is 1. The summed E-state index contributed by atoms with van der Waals surface area (Å²) < 4.78 is 13.9. The van der Waals surface area contributed by atoms with E-state index in [-0.39, 0.29) is 5.60 Å². The summed E-state index contributed by atoms with van der Waals surface area (Å²) in [5.74, 6) is 2.37. The van der Waals surface area contributed by atoms with Gasteiger partial charge in [-0.2, -0.15) is 4.52 Å². The van der Waals surface area contributed by atoms with Gasteiger partial charge >= 0.3 is 0 Å². The molecule has 0 aromatic carbocycles. The zero-order chi connectivity index (χ0) is 17.4. The standard InChI is InChI=1S/C19H27N5O2/c1-2-4-15(3-1)11-25-9-7-16-8-10-26-19(16)12-23(13-19)18-6-5-17-21-20-14-24(17)22-18/h5-6,14-16H,1-4,7-13H2/t16-/m1/s1. The molecule has 2 aromatic rings. The quantitative estimate of drug-likeness (QED) is 0.739. The van der Waals surface area contributed by atoms with Crippen LogP contribution in [0.2, 0.25) is 0 Å². The number of hydrogen-bond donors (Lipinski definition) is 0. The van der Waals surface area contributed by atoms with E-state index < -0.39 is 0 Å². The van der Waals surface area contributed by atoms with Crippen LogP contribution in [0.3, 0.4) is 0 Å². The molecule has 2 aromatic heterocycles. The zero-order valence-corrected chi connectivity index (χ0v) is 15.2. The number of nitrogens with zero attached hydrogens (tertiary/aromatic N) is 5. The summed E-state index contributed by atoms with van der Waals surface area (Å²) in [5.41, 5.74) is 0.777. The van der Waals surface area contributed by atoms with E-state index in [0.717, 1.165) is 63.1 Å². The van der Waals surface area contributed by atoms with Crippen LogP contribution in [0.4, 0.5) is 5.82 Å². The van der Waals surface area contributed by atoms with Crippen LogP contribution in [0.5, 0.6) is 0 Å². The van der Waals surface area contributed by atoms with Crippen molar-refractivity contribution in [2.45, 2.75) is 44.1 Å². The number of rotatable bonds is 6. The fourth-order valence-electron chi connectivity index (χ4n) is 4.84. The lowest BCUT2D eigenvalue weighted by molar-refractivity contribution is -0.0515. The van der Waals surface area contributed by atoms with Crippen LogP contribution in [-0.2, 0) is 9.47 Å². The van der Waals surface area contributed by atoms with E-state index in [4.69, 9.17) is 9.47 Å². The van der Waals surface area contributed by atoms with Crippen LogP contribution in [0.25, 0.3) is 5.65 Å². The molecule has 1 spiro atoms. The van der Waals surface area contributed by atoms with Crippen LogP contribution >= 0.6 is 0 Å². The number of fused-ring (bicyclic) bond motifs is 1. The summed E-state index contributed by atoms with van der Waals surface area (Å²) in [7, 11) is 0. The minimum Gasteiger partial charge on any atom is -0.381 e. The molecule has 2 saturated heterocycles. The highest BCUT2D eigenvalue weighted by Crippen LogP contribution is 2.43. The number of hydrogen-bond acceptors (Lipinski definition) is 6. The lowest BCUT2D eigenvalue weighted by Crippen LogP contribution is -2.65. The van der Waals surface area contributed by atoms with Crippen molar-refractivity contribution in [1.82, 2.24) is 19.8 Å². The Hall–Kier alpha value is -1.73. The molecule has 140 valence electrons. The first-order chi connectivity index (χ1) is 12.8. The molecule has 4 heterocycles. The first-order valence-electron chi connectivity index (χ1n) is 9.96. The molecule has 2 aliphatic heterocycles. The van der Waals surface area contributed by atoms with Crippen LogP contribution in [0, 0.1) is 11.8 Å². The molecular formula is C19H27N5O2. The van der Waals surface area contributed by atoms with Gasteiger partial charge in [0.15, 0.2) is 5.65 Å². The molecule has 1 saturated carbocycles. The third-order valence-corrected chi connectivity index (χ3v) is 6.43. The lowest BCUT2D eigenvalue weighted by atomic mass is 9.79. The highest BCUT2D eigenvalue weighted by atomic mass is 16.5. The highest BCUT2D eigenvalue weighted by molar-refractivity contribution is 5.48. The van der Waals surface area contributed by atoms with E-state index in [1.807, 2.05) is 12.1 Å². The van der Waals surface area contributed by atoms with E-state index in [0.29, 0.717) is 5.92 Å².